The van der Waals surface area contributed by atoms with Crippen LogP contribution >= 0.6 is 0 Å². The summed E-state index contributed by atoms with van der Waals surface area (Å²) in [5, 5.41) is 2.38. The summed E-state index contributed by atoms with van der Waals surface area (Å²) in [7, 11) is 0. The first-order valence-electron chi connectivity index (χ1n) is 27.8. The molecule has 16 rings (SSSR count). The van der Waals surface area contributed by atoms with Gasteiger partial charge in [-0.05, 0) is 156 Å². The summed E-state index contributed by atoms with van der Waals surface area (Å²) in [4.78, 5) is 4.96. The minimum absolute atomic E-state index is 0.545. The standard InChI is InChI=1S/C78H52N2/c1-6-24-54(25-7-1)66-51-68-65-38-23-43-75-76(65)78(58-32-12-4-13-33-58,70-40-20-21-41-74(70)80(75)59-34-14-5-15-35-59)72(68)52-67(66)55-44-46-60(47-45-55)79(73-42-22-27-53-26-16-17-36-62(53)73)61-48-49-64-63-37-18-19-39-69(63)77(71(64)50-61,56-28-8-2-9-29-56)57-30-10-3-11-31-57/h1-52H. The third kappa shape index (κ3) is 6.60. The molecule has 0 spiro atoms. The lowest BCUT2D eigenvalue weighted by atomic mass is 9.64. The normalized spacial score (nSPS) is 14.9. The second-order valence-corrected chi connectivity index (χ2v) is 21.5. The van der Waals surface area contributed by atoms with Crippen LogP contribution in [0.2, 0.25) is 0 Å². The van der Waals surface area contributed by atoms with Crippen LogP contribution in [0.1, 0.15) is 44.5 Å². The Bertz CT molecular complexity index is 4470. The summed E-state index contributed by atoms with van der Waals surface area (Å²) >= 11 is 0. The van der Waals surface area contributed by atoms with Crippen molar-refractivity contribution in [2.45, 2.75) is 10.8 Å². The molecule has 0 saturated carbocycles. The van der Waals surface area contributed by atoms with Gasteiger partial charge >= 0.3 is 0 Å². The van der Waals surface area contributed by atoms with Crippen LogP contribution in [-0.4, -0.2) is 0 Å². The molecule has 0 N–H and O–H groups in total. The Morgan fingerprint density at radius 3 is 1.50 bits per heavy atom. The Morgan fingerprint density at radius 2 is 0.775 bits per heavy atom. The van der Waals surface area contributed by atoms with Crippen molar-refractivity contribution in [1.29, 1.82) is 0 Å². The summed E-state index contributed by atoms with van der Waals surface area (Å²) in [6.07, 6.45) is 0. The highest BCUT2D eigenvalue weighted by molar-refractivity contribution is 6.03. The van der Waals surface area contributed by atoms with E-state index in [-0.39, 0.29) is 0 Å². The molecule has 13 aromatic carbocycles. The van der Waals surface area contributed by atoms with Crippen molar-refractivity contribution in [2.75, 3.05) is 9.80 Å². The van der Waals surface area contributed by atoms with E-state index in [9.17, 15) is 0 Å². The van der Waals surface area contributed by atoms with Crippen molar-refractivity contribution in [3.8, 4) is 44.5 Å². The SMILES string of the molecule is c1ccc(-c2cc3c(cc2-c2ccc(N(c4ccc5c(c4)C(c4ccccc4)(c4ccccc4)c4ccccc4-5)c4cccc5ccccc45)cc2)C2(c4ccccc4)c4ccccc4N(c4ccccc4)c4cccc-3c42)cc1. The number of anilines is 6. The van der Waals surface area contributed by atoms with Crippen LogP contribution < -0.4 is 9.80 Å². The van der Waals surface area contributed by atoms with Gasteiger partial charge in [-0.25, -0.2) is 0 Å². The highest BCUT2D eigenvalue weighted by Crippen LogP contribution is 2.66. The van der Waals surface area contributed by atoms with Gasteiger partial charge in [0.15, 0.2) is 0 Å². The quantitative estimate of drug-likeness (QED) is 0.142. The molecule has 3 aliphatic rings. The minimum atomic E-state index is -0.596. The molecular weight excluding hydrogens is 965 g/mol. The molecule has 0 amide bonds. The number of nitrogens with zero attached hydrogens (tertiary/aromatic N) is 2. The van der Waals surface area contributed by atoms with Crippen LogP contribution in [-0.2, 0) is 10.8 Å². The van der Waals surface area contributed by atoms with Crippen LogP contribution in [0, 0.1) is 0 Å². The van der Waals surface area contributed by atoms with Crippen molar-refractivity contribution in [3.63, 3.8) is 0 Å². The van der Waals surface area contributed by atoms with Crippen LogP contribution in [0.3, 0.4) is 0 Å². The highest BCUT2D eigenvalue weighted by atomic mass is 15.2. The van der Waals surface area contributed by atoms with Gasteiger partial charge < -0.3 is 9.80 Å². The zero-order chi connectivity index (χ0) is 52.8. The van der Waals surface area contributed by atoms with Crippen LogP contribution in [0.15, 0.2) is 315 Å². The van der Waals surface area contributed by atoms with Gasteiger partial charge in [0.1, 0.15) is 0 Å². The fourth-order valence-corrected chi connectivity index (χ4v) is 14.3. The zero-order valence-electron chi connectivity index (χ0n) is 43.9. The summed E-state index contributed by atoms with van der Waals surface area (Å²) in [6.45, 7) is 0. The fraction of sp³-hybridized carbons (Fsp3) is 0.0256. The van der Waals surface area contributed by atoms with Gasteiger partial charge in [0.2, 0.25) is 0 Å². The van der Waals surface area contributed by atoms with E-state index in [0.29, 0.717) is 0 Å². The lowest BCUT2D eigenvalue weighted by molar-refractivity contribution is 0.754. The van der Waals surface area contributed by atoms with Crippen LogP contribution in [0.25, 0.3) is 55.3 Å². The molecule has 1 heterocycles. The first-order chi connectivity index (χ1) is 39.7. The van der Waals surface area contributed by atoms with Crippen molar-refractivity contribution in [2.24, 2.45) is 0 Å². The summed E-state index contributed by atoms with van der Waals surface area (Å²) in [5.41, 5.74) is 25.7. The van der Waals surface area contributed by atoms with Gasteiger partial charge in [0.25, 0.3) is 0 Å². The van der Waals surface area contributed by atoms with Gasteiger partial charge in [0.05, 0.1) is 27.9 Å². The van der Waals surface area contributed by atoms with E-state index in [1.807, 2.05) is 0 Å². The number of hydrogen-bond acceptors (Lipinski definition) is 2. The number of fused-ring (bicyclic) bond motifs is 9. The first kappa shape index (κ1) is 45.9. The van der Waals surface area contributed by atoms with E-state index in [2.05, 4.69) is 325 Å². The average Bonchev–Trinajstić information content (AvgIpc) is 2.70. The van der Waals surface area contributed by atoms with Gasteiger partial charge in [-0.15, -0.1) is 0 Å². The second kappa shape index (κ2) is 18.2. The lowest BCUT2D eigenvalue weighted by Crippen LogP contribution is -2.35. The Balaban J connectivity index is 0.919. The molecule has 80 heavy (non-hydrogen) atoms. The van der Waals surface area contributed by atoms with Crippen molar-refractivity contribution < 1.29 is 0 Å². The molecule has 0 fully saturated rings. The Morgan fingerprint density at radius 1 is 0.275 bits per heavy atom. The van der Waals surface area contributed by atoms with Gasteiger partial charge in [0, 0.05) is 28.0 Å². The molecule has 2 nitrogen and oxygen atoms in total. The molecule has 1 aliphatic heterocycles. The molecular formula is C78H52N2. The maximum absolute atomic E-state index is 2.55. The van der Waals surface area contributed by atoms with Crippen LogP contribution in [0.5, 0.6) is 0 Å². The van der Waals surface area contributed by atoms with E-state index in [1.54, 1.807) is 0 Å². The fourth-order valence-electron chi connectivity index (χ4n) is 14.3. The molecule has 2 aliphatic carbocycles. The van der Waals surface area contributed by atoms with Crippen molar-refractivity contribution >= 4 is 44.9 Å². The number of benzene rings is 13. The molecule has 374 valence electrons. The molecule has 0 radical (unpaired) electrons. The monoisotopic (exact) mass is 1020 g/mol. The third-order valence-electron chi connectivity index (χ3n) is 17.5. The Hall–Kier alpha value is -10.3. The largest absolute Gasteiger partial charge is 0.310 e. The average molecular weight is 1020 g/mol. The van der Waals surface area contributed by atoms with E-state index < -0.39 is 10.8 Å². The topological polar surface area (TPSA) is 6.48 Å². The summed E-state index contributed by atoms with van der Waals surface area (Å²) < 4.78 is 0. The van der Waals surface area contributed by atoms with Gasteiger partial charge in [-0.1, -0.05) is 249 Å². The molecule has 0 aromatic heterocycles. The van der Waals surface area contributed by atoms with E-state index in [4.69, 9.17) is 0 Å². The minimum Gasteiger partial charge on any atom is -0.310 e. The Labute approximate surface area is 467 Å². The van der Waals surface area contributed by atoms with Gasteiger partial charge in [-0.2, -0.15) is 0 Å². The maximum atomic E-state index is 2.55. The van der Waals surface area contributed by atoms with E-state index in [0.717, 1.165) is 28.3 Å². The maximum Gasteiger partial charge on any atom is 0.0754 e. The highest BCUT2D eigenvalue weighted by Gasteiger charge is 2.53. The molecule has 0 saturated heterocycles. The van der Waals surface area contributed by atoms with E-state index >= 15 is 0 Å². The number of hydrogen-bond donors (Lipinski definition) is 0. The lowest BCUT2D eigenvalue weighted by Gasteiger charge is -2.44. The summed E-state index contributed by atoms with van der Waals surface area (Å²) in [5.74, 6) is 0. The zero-order valence-corrected chi connectivity index (χ0v) is 43.9. The molecule has 1 unspecified atom stereocenters. The van der Waals surface area contributed by atoms with Gasteiger partial charge in [-0.3, -0.25) is 0 Å². The smallest absolute Gasteiger partial charge is 0.0754 e. The predicted octanol–water partition coefficient (Wildman–Crippen LogP) is 20.2. The first-order valence-corrected chi connectivity index (χ1v) is 27.8. The predicted molar refractivity (Wildman–Crippen MR) is 332 cm³/mol. The van der Waals surface area contributed by atoms with Crippen molar-refractivity contribution in [1.82, 2.24) is 0 Å². The second-order valence-electron chi connectivity index (χ2n) is 21.5. The Kier molecular flexibility index (Phi) is 10.4. The summed E-state index contributed by atoms with van der Waals surface area (Å²) in [6, 6.07) is 117. The number of rotatable bonds is 9. The van der Waals surface area contributed by atoms with Crippen molar-refractivity contribution in [3.05, 3.63) is 360 Å². The molecule has 0 bridgehead atoms. The molecule has 1 atom stereocenters. The molecule has 2 heteroatoms. The van der Waals surface area contributed by atoms with Crippen LogP contribution in [0.4, 0.5) is 34.1 Å². The van der Waals surface area contributed by atoms with E-state index in [1.165, 1.54) is 106 Å². The molecule has 13 aromatic rings. The third-order valence-corrected chi connectivity index (χ3v) is 17.5. The number of para-hydroxylation sites is 2.